The monoisotopic (exact) mass is 188 g/mol. The van der Waals surface area contributed by atoms with E-state index < -0.39 is 28.3 Å². The maximum Gasteiger partial charge on any atom is 0.286 e. The van der Waals surface area contributed by atoms with E-state index in [-0.39, 0.29) is 0 Å². The van der Waals surface area contributed by atoms with Crippen molar-refractivity contribution in [1.29, 1.82) is 0 Å². The van der Waals surface area contributed by atoms with Crippen molar-refractivity contribution in [1.82, 2.24) is 5.32 Å². The quantitative estimate of drug-likeness (QED) is 0.592. The Balaban J connectivity index is 2.77. The zero-order chi connectivity index (χ0) is 9.35. The minimum Gasteiger partial charge on any atom is -0.550 e. The molecule has 1 fully saturated rings. The topological polar surface area (TPSA) is 86.3 Å². The molecule has 0 aromatic rings. The van der Waals surface area contributed by atoms with Crippen LogP contribution in [0.4, 0.5) is 4.79 Å². The molecule has 1 saturated heterocycles. The van der Waals surface area contributed by atoms with Gasteiger partial charge in [0.1, 0.15) is 4.75 Å². The molecule has 1 heterocycles. The lowest BCUT2D eigenvalue weighted by Crippen LogP contribution is -2.39. The number of carbonyl (C=O) groups excluding carboxylic acids is 3. The standard InChI is InChI=1S/C6H7NO4S/c1-6(2-3(8)9)4(10)7-5(11)12-6/h2H2,1H3,(H,8,9)(H,7,10,11)/p-1. The van der Waals surface area contributed by atoms with Crippen molar-refractivity contribution in [3.63, 3.8) is 0 Å². The smallest absolute Gasteiger partial charge is 0.286 e. The number of imide groups is 1. The molecule has 0 aromatic heterocycles. The van der Waals surface area contributed by atoms with E-state index >= 15 is 0 Å². The minimum atomic E-state index is -1.34. The molecule has 1 aliphatic heterocycles. The van der Waals surface area contributed by atoms with Crippen LogP contribution in [0.1, 0.15) is 13.3 Å². The van der Waals surface area contributed by atoms with E-state index in [1.165, 1.54) is 6.92 Å². The SMILES string of the molecule is CC1(CC(=O)[O-])SC(=O)NC1=O. The van der Waals surface area contributed by atoms with Gasteiger partial charge in [0, 0.05) is 12.4 Å². The van der Waals surface area contributed by atoms with Gasteiger partial charge in [-0.05, 0) is 18.7 Å². The van der Waals surface area contributed by atoms with Gasteiger partial charge in [0.2, 0.25) is 5.91 Å². The fourth-order valence-corrected chi connectivity index (χ4v) is 1.78. The Labute approximate surface area is 72.5 Å². The van der Waals surface area contributed by atoms with Crippen LogP contribution >= 0.6 is 11.8 Å². The van der Waals surface area contributed by atoms with Gasteiger partial charge in [-0.25, -0.2) is 0 Å². The van der Waals surface area contributed by atoms with Gasteiger partial charge in [-0.3, -0.25) is 14.9 Å². The van der Waals surface area contributed by atoms with Gasteiger partial charge in [0.15, 0.2) is 0 Å². The second kappa shape index (κ2) is 2.78. The third-order valence-electron chi connectivity index (χ3n) is 1.50. The first-order valence-corrected chi connectivity index (χ1v) is 4.00. The highest BCUT2D eigenvalue weighted by Gasteiger charge is 2.43. The second-order valence-corrected chi connectivity index (χ2v) is 4.10. The first-order valence-electron chi connectivity index (χ1n) is 3.18. The summed E-state index contributed by atoms with van der Waals surface area (Å²) in [7, 11) is 0. The van der Waals surface area contributed by atoms with Crippen LogP contribution in [0, 0.1) is 0 Å². The minimum absolute atomic E-state index is 0.449. The van der Waals surface area contributed by atoms with Gasteiger partial charge in [0.25, 0.3) is 5.24 Å². The summed E-state index contributed by atoms with van der Waals surface area (Å²) in [6.07, 6.45) is -0.449. The molecule has 0 radical (unpaired) electrons. The average molecular weight is 188 g/mol. The van der Waals surface area contributed by atoms with E-state index in [1.54, 1.807) is 0 Å². The highest BCUT2D eigenvalue weighted by molar-refractivity contribution is 8.16. The Morgan fingerprint density at radius 2 is 2.25 bits per heavy atom. The van der Waals surface area contributed by atoms with Crippen LogP contribution in [-0.2, 0) is 9.59 Å². The van der Waals surface area contributed by atoms with Gasteiger partial charge >= 0.3 is 0 Å². The molecule has 6 heteroatoms. The molecule has 1 unspecified atom stereocenters. The Kier molecular flexibility index (Phi) is 2.10. The molecule has 0 bridgehead atoms. The van der Waals surface area contributed by atoms with Gasteiger partial charge in [0.05, 0.1) is 0 Å². The third-order valence-corrected chi connectivity index (χ3v) is 2.56. The molecular formula is C6H6NO4S-. The van der Waals surface area contributed by atoms with Gasteiger partial charge in [-0.1, -0.05) is 0 Å². The molecule has 66 valence electrons. The summed E-state index contributed by atoms with van der Waals surface area (Å²) in [5.41, 5.74) is 0. The highest BCUT2D eigenvalue weighted by Crippen LogP contribution is 2.33. The largest absolute Gasteiger partial charge is 0.550 e. The number of nitrogens with one attached hydrogen (secondary N) is 1. The fourth-order valence-electron chi connectivity index (χ4n) is 0.893. The Morgan fingerprint density at radius 1 is 1.67 bits per heavy atom. The van der Waals surface area contributed by atoms with Crippen LogP contribution in [0.3, 0.4) is 0 Å². The zero-order valence-electron chi connectivity index (χ0n) is 6.25. The summed E-state index contributed by atoms with van der Waals surface area (Å²) in [5.74, 6) is -1.91. The van der Waals surface area contributed by atoms with E-state index in [4.69, 9.17) is 0 Å². The van der Waals surface area contributed by atoms with Crippen molar-refractivity contribution in [2.75, 3.05) is 0 Å². The van der Waals surface area contributed by atoms with Crippen LogP contribution in [0.25, 0.3) is 0 Å². The number of amides is 2. The lowest BCUT2D eigenvalue weighted by Gasteiger charge is -2.17. The van der Waals surface area contributed by atoms with Crippen LogP contribution < -0.4 is 10.4 Å². The molecule has 1 N–H and O–H groups in total. The summed E-state index contributed by atoms with van der Waals surface area (Å²) in [4.78, 5) is 31.9. The van der Waals surface area contributed by atoms with Crippen LogP contribution in [0.5, 0.6) is 0 Å². The molecule has 0 aliphatic carbocycles. The molecular weight excluding hydrogens is 182 g/mol. The maximum atomic E-state index is 11.0. The number of aliphatic carboxylic acids is 1. The predicted octanol–water partition coefficient (Wildman–Crippen LogP) is -1.13. The first kappa shape index (κ1) is 9.05. The van der Waals surface area contributed by atoms with Gasteiger partial charge in [-0.15, -0.1) is 0 Å². The number of hydrogen-bond donors (Lipinski definition) is 1. The normalized spacial score (nSPS) is 28.8. The van der Waals surface area contributed by atoms with Crippen molar-refractivity contribution in [2.45, 2.75) is 18.1 Å². The summed E-state index contributed by atoms with van der Waals surface area (Å²) >= 11 is 0.684. The summed E-state index contributed by atoms with van der Waals surface area (Å²) in [6, 6.07) is 0. The van der Waals surface area contributed by atoms with Crippen molar-refractivity contribution in [2.24, 2.45) is 0 Å². The third kappa shape index (κ3) is 1.58. The molecule has 1 rings (SSSR count). The molecule has 0 aromatic carbocycles. The van der Waals surface area contributed by atoms with Gasteiger partial charge < -0.3 is 9.90 Å². The fraction of sp³-hybridized carbons (Fsp3) is 0.500. The van der Waals surface area contributed by atoms with Gasteiger partial charge in [-0.2, -0.15) is 0 Å². The van der Waals surface area contributed by atoms with Crippen molar-refractivity contribution in [3.8, 4) is 0 Å². The van der Waals surface area contributed by atoms with E-state index in [9.17, 15) is 19.5 Å². The van der Waals surface area contributed by atoms with Crippen LogP contribution in [0.2, 0.25) is 0 Å². The molecule has 12 heavy (non-hydrogen) atoms. The van der Waals surface area contributed by atoms with E-state index in [1.807, 2.05) is 5.32 Å². The predicted molar refractivity (Wildman–Crippen MR) is 39.2 cm³/mol. The maximum absolute atomic E-state index is 11.0. The lowest BCUT2D eigenvalue weighted by molar-refractivity contribution is -0.306. The number of hydrogen-bond acceptors (Lipinski definition) is 5. The Hall–Kier alpha value is -1.04. The molecule has 0 spiro atoms. The van der Waals surface area contributed by atoms with Crippen LogP contribution in [-0.4, -0.2) is 21.9 Å². The van der Waals surface area contributed by atoms with Crippen molar-refractivity contribution in [3.05, 3.63) is 0 Å². The van der Waals surface area contributed by atoms with E-state index in [0.29, 0.717) is 11.8 Å². The number of rotatable bonds is 2. The summed E-state index contributed by atoms with van der Waals surface area (Å²) in [5, 5.41) is 11.7. The van der Waals surface area contributed by atoms with Crippen molar-refractivity contribution >= 4 is 28.9 Å². The molecule has 1 atom stereocenters. The molecule has 5 nitrogen and oxygen atoms in total. The Bertz CT molecular complexity index is 264. The number of carbonyl (C=O) groups is 3. The molecule has 0 saturated carbocycles. The van der Waals surface area contributed by atoms with Crippen molar-refractivity contribution < 1.29 is 19.5 Å². The summed E-state index contributed by atoms with van der Waals surface area (Å²) in [6.45, 7) is 1.40. The molecule has 2 amide bonds. The zero-order valence-corrected chi connectivity index (χ0v) is 7.06. The average Bonchev–Trinajstić information content (AvgIpc) is 2.04. The first-order chi connectivity index (χ1) is 5.44. The second-order valence-electron chi connectivity index (χ2n) is 2.62. The van der Waals surface area contributed by atoms with E-state index in [2.05, 4.69) is 0 Å². The van der Waals surface area contributed by atoms with Crippen LogP contribution in [0.15, 0.2) is 0 Å². The summed E-state index contributed by atoms with van der Waals surface area (Å²) < 4.78 is -1.20. The molecule has 1 aliphatic rings. The number of thioether (sulfide) groups is 1. The van der Waals surface area contributed by atoms with E-state index in [0.717, 1.165) is 0 Å². The number of carboxylic acid groups (broad SMARTS) is 1. The lowest BCUT2D eigenvalue weighted by atomic mass is 10.1. The Morgan fingerprint density at radius 3 is 2.58 bits per heavy atom. The highest BCUT2D eigenvalue weighted by atomic mass is 32.2. The number of carboxylic acids is 1.